The largest absolute Gasteiger partial charge is 0.497 e. The standard InChI is InChI=1S/C24H27N5O2/c1-17-4-7-20(16-18(17)2)25-24(30)29-14-12-28(13-15-29)23-11-10-22(26-27-23)19-5-8-21(31-3)9-6-19/h4-11,16H,12-15H2,1-3H3,(H,25,30). The number of carbonyl (C=O) groups is 1. The van der Waals surface area contributed by atoms with E-state index in [1.807, 2.05) is 66.4 Å². The molecule has 3 aromatic rings. The number of benzene rings is 2. The van der Waals surface area contributed by atoms with Gasteiger partial charge in [0.05, 0.1) is 12.8 Å². The molecule has 0 radical (unpaired) electrons. The number of nitrogens with one attached hydrogen (secondary N) is 1. The predicted molar refractivity (Wildman–Crippen MR) is 123 cm³/mol. The smallest absolute Gasteiger partial charge is 0.321 e. The van der Waals surface area contributed by atoms with Crippen LogP contribution in [0.1, 0.15) is 11.1 Å². The third-order valence-electron chi connectivity index (χ3n) is 5.69. The number of methoxy groups -OCH3 is 1. The van der Waals surface area contributed by atoms with Crippen molar-refractivity contribution >= 4 is 17.5 Å². The quantitative estimate of drug-likeness (QED) is 0.691. The van der Waals surface area contributed by atoms with Crippen LogP contribution in [0, 0.1) is 13.8 Å². The van der Waals surface area contributed by atoms with E-state index in [1.54, 1.807) is 7.11 Å². The molecule has 1 aromatic heterocycles. The first-order valence-electron chi connectivity index (χ1n) is 10.4. The fourth-order valence-electron chi connectivity index (χ4n) is 3.57. The fourth-order valence-corrected chi connectivity index (χ4v) is 3.57. The topological polar surface area (TPSA) is 70.6 Å². The van der Waals surface area contributed by atoms with Gasteiger partial charge in [0, 0.05) is 37.4 Å². The zero-order chi connectivity index (χ0) is 21.8. The first-order chi connectivity index (χ1) is 15.0. The first kappa shape index (κ1) is 20.7. The van der Waals surface area contributed by atoms with Gasteiger partial charge in [-0.3, -0.25) is 0 Å². The summed E-state index contributed by atoms with van der Waals surface area (Å²) < 4.78 is 5.20. The second kappa shape index (κ2) is 9.04. The third kappa shape index (κ3) is 4.77. The Morgan fingerprint density at radius 2 is 1.65 bits per heavy atom. The van der Waals surface area contributed by atoms with Gasteiger partial charge in [0.1, 0.15) is 5.75 Å². The zero-order valence-electron chi connectivity index (χ0n) is 18.1. The normalized spacial score (nSPS) is 13.8. The Kier molecular flexibility index (Phi) is 6.02. The van der Waals surface area contributed by atoms with Gasteiger partial charge in [-0.25, -0.2) is 4.79 Å². The molecule has 2 amide bonds. The zero-order valence-corrected chi connectivity index (χ0v) is 18.1. The highest BCUT2D eigenvalue weighted by Gasteiger charge is 2.22. The number of nitrogens with zero attached hydrogens (tertiary/aromatic N) is 4. The highest BCUT2D eigenvalue weighted by atomic mass is 16.5. The SMILES string of the molecule is COc1ccc(-c2ccc(N3CCN(C(=O)Nc4ccc(C)c(C)c4)CC3)nn2)cc1. The summed E-state index contributed by atoms with van der Waals surface area (Å²) in [7, 11) is 1.65. The Labute approximate surface area is 182 Å². The number of piperazine rings is 1. The number of anilines is 2. The Morgan fingerprint density at radius 3 is 2.26 bits per heavy atom. The van der Waals surface area contributed by atoms with Gasteiger partial charge in [0.2, 0.25) is 0 Å². The van der Waals surface area contributed by atoms with Gasteiger partial charge in [0.15, 0.2) is 5.82 Å². The van der Waals surface area contributed by atoms with Crippen molar-refractivity contribution in [2.24, 2.45) is 0 Å². The van der Waals surface area contributed by atoms with Crippen LogP contribution in [0.2, 0.25) is 0 Å². The number of amides is 2. The highest BCUT2D eigenvalue weighted by Crippen LogP contribution is 2.22. The Balaban J connectivity index is 1.33. The van der Waals surface area contributed by atoms with Crippen LogP contribution in [0.25, 0.3) is 11.3 Å². The summed E-state index contributed by atoms with van der Waals surface area (Å²) in [4.78, 5) is 16.6. The Hall–Kier alpha value is -3.61. The molecule has 2 aromatic carbocycles. The number of carbonyl (C=O) groups excluding carboxylic acids is 1. The van der Waals surface area contributed by atoms with E-state index >= 15 is 0 Å². The van der Waals surface area contributed by atoms with Crippen LogP contribution in [0.5, 0.6) is 5.75 Å². The van der Waals surface area contributed by atoms with Crippen LogP contribution in [-0.2, 0) is 0 Å². The van der Waals surface area contributed by atoms with Crippen molar-refractivity contribution in [3.05, 3.63) is 65.7 Å². The van der Waals surface area contributed by atoms with Crippen LogP contribution in [0.15, 0.2) is 54.6 Å². The number of hydrogen-bond acceptors (Lipinski definition) is 5. The summed E-state index contributed by atoms with van der Waals surface area (Å²) >= 11 is 0. The van der Waals surface area contributed by atoms with E-state index in [4.69, 9.17) is 4.74 Å². The highest BCUT2D eigenvalue weighted by molar-refractivity contribution is 5.89. The average Bonchev–Trinajstić information content (AvgIpc) is 2.82. The summed E-state index contributed by atoms with van der Waals surface area (Å²) in [6.45, 7) is 6.82. The van der Waals surface area contributed by atoms with Crippen LogP contribution >= 0.6 is 0 Å². The lowest BCUT2D eigenvalue weighted by Gasteiger charge is -2.35. The van der Waals surface area contributed by atoms with E-state index in [2.05, 4.69) is 27.3 Å². The third-order valence-corrected chi connectivity index (χ3v) is 5.69. The molecule has 1 fully saturated rings. The van der Waals surface area contributed by atoms with Crippen LogP contribution in [0.4, 0.5) is 16.3 Å². The number of aromatic nitrogens is 2. The molecule has 7 nitrogen and oxygen atoms in total. The van der Waals surface area contributed by atoms with E-state index in [1.165, 1.54) is 11.1 Å². The van der Waals surface area contributed by atoms with Crippen LogP contribution in [-0.4, -0.2) is 54.4 Å². The molecule has 1 saturated heterocycles. The lowest BCUT2D eigenvalue weighted by Crippen LogP contribution is -2.50. The molecular weight excluding hydrogens is 390 g/mol. The van der Waals surface area contributed by atoms with Crippen molar-refractivity contribution in [2.45, 2.75) is 13.8 Å². The molecule has 0 bridgehead atoms. The minimum atomic E-state index is -0.0659. The maximum absolute atomic E-state index is 12.6. The monoisotopic (exact) mass is 417 g/mol. The molecule has 0 saturated carbocycles. The molecule has 1 aliphatic heterocycles. The molecule has 0 atom stereocenters. The summed E-state index contributed by atoms with van der Waals surface area (Å²) in [5.41, 5.74) is 5.02. The van der Waals surface area contributed by atoms with Crippen molar-refractivity contribution < 1.29 is 9.53 Å². The van der Waals surface area contributed by atoms with Crippen molar-refractivity contribution in [3.8, 4) is 17.0 Å². The molecule has 0 spiro atoms. The number of hydrogen-bond donors (Lipinski definition) is 1. The molecule has 160 valence electrons. The van der Waals surface area contributed by atoms with Gasteiger partial charge in [-0.1, -0.05) is 6.07 Å². The lowest BCUT2D eigenvalue weighted by atomic mass is 10.1. The molecule has 0 aliphatic carbocycles. The Bertz CT molecular complexity index is 1040. The van der Waals surface area contributed by atoms with Gasteiger partial charge in [-0.15, -0.1) is 10.2 Å². The van der Waals surface area contributed by atoms with E-state index < -0.39 is 0 Å². The lowest BCUT2D eigenvalue weighted by molar-refractivity contribution is 0.208. The number of ether oxygens (including phenoxy) is 1. The summed E-state index contributed by atoms with van der Waals surface area (Å²) in [5.74, 6) is 1.64. The number of urea groups is 1. The van der Waals surface area contributed by atoms with E-state index in [0.717, 1.165) is 41.6 Å². The average molecular weight is 418 g/mol. The minimum Gasteiger partial charge on any atom is -0.497 e. The van der Waals surface area contributed by atoms with Crippen molar-refractivity contribution in [1.29, 1.82) is 0 Å². The fraction of sp³-hybridized carbons (Fsp3) is 0.292. The second-order valence-corrected chi connectivity index (χ2v) is 7.71. The van der Waals surface area contributed by atoms with Crippen LogP contribution < -0.4 is 15.0 Å². The van der Waals surface area contributed by atoms with Gasteiger partial charge in [0.25, 0.3) is 0 Å². The maximum Gasteiger partial charge on any atom is 0.321 e. The summed E-state index contributed by atoms with van der Waals surface area (Å²) in [6, 6.07) is 17.6. The molecule has 1 N–H and O–H groups in total. The Morgan fingerprint density at radius 1 is 0.903 bits per heavy atom. The first-order valence-corrected chi connectivity index (χ1v) is 10.4. The van der Waals surface area contributed by atoms with Crippen molar-refractivity contribution in [1.82, 2.24) is 15.1 Å². The molecule has 1 aliphatic rings. The minimum absolute atomic E-state index is 0.0659. The molecule has 0 unspecified atom stereocenters. The summed E-state index contributed by atoms with van der Waals surface area (Å²) in [6.07, 6.45) is 0. The van der Waals surface area contributed by atoms with Gasteiger partial charge in [-0.2, -0.15) is 0 Å². The van der Waals surface area contributed by atoms with Gasteiger partial charge >= 0.3 is 6.03 Å². The molecule has 2 heterocycles. The summed E-state index contributed by atoms with van der Waals surface area (Å²) in [5, 5.41) is 11.8. The van der Waals surface area contributed by atoms with Crippen molar-refractivity contribution in [3.63, 3.8) is 0 Å². The van der Waals surface area contributed by atoms with E-state index in [9.17, 15) is 4.79 Å². The van der Waals surface area contributed by atoms with Gasteiger partial charge in [-0.05, 0) is 73.5 Å². The predicted octanol–water partition coefficient (Wildman–Crippen LogP) is 4.12. The molecule has 7 heteroatoms. The van der Waals surface area contributed by atoms with Crippen molar-refractivity contribution in [2.75, 3.05) is 43.5 Å². The number of aryl methyl sites for hydroxylation is 2. The molecule has 31 heavy (non-hydrogen) atoms. The maximum atomic E-state index is 12.6. The van der Waals surface area contributed by atoms with E-state index in [-0.39, 0.29) is 6.03 Å². The molecule has 4 rings (SSSR count). The molecular formula is C24H27N5O2. The number of rotatable bonds is 4. The van der Waals surface area contributed by atoms with E-state index in [0.29, 0.717) is 13.1 Å². The second-order valence-electron chi connectivity index (χ2n) is 7.71. The van der Waals surface area contributed by atoms with Crippen LogP contribution in [0.3, 0.4) is 0 Å². The van der Waals surface area contributed by atoms with Gasteiger partial charge < -0.3 is 19.9 Å².